The molecule has 1 heterocycles. The van der Waals surface area contributed by atoms with E-state index in [-0.39, 0.29) is 35.4 Å². The molecule has 0 bridgehead atoms. The average molecular weight is 643 g/mol. The van der Waals surface area contributed by atoms with Crippen molar-refractivity contribution in [2.45, 2.75) is 0 Å². The second-order valence-electron chi connectivity index (χ2n) is 12.3. The number of rotatable bonds is 7. The fourth-order valence-corrected chi connectivity index (χ4v) is 6.92. The van der Waals surface area contributed by atoms with Crippen LogP contribution in [0.4, 0.5) is 17.1 Å². The first-order valence-corrected chi connectivity index (χ1v) is 16.8. The molecule has 9 aromatic rings. The topological polar surface area (TPSA) is 8.17 Å². The quantitative estimate of drug-likeness (QED) is 0.168. The summed E-state index contributed by atoms with van der Waals surface area (Å²) in [6.45, 7) is 0. The summed E-state index contributed by atoms with van der Waals surface area (Å²) in [4.78, 5) is 1.83. The molecule has 0 N–H and O–H groups in total. The maximum Gasteiger partial charge on any atom is 0.0645 e. The Hall–Kier alpha value is -6.64. The Labute approximate surface area is 298 Å². The van der Waals surface area contributed by atoms with Gasteiger partial charge in [-0.25, -0.2) is 0 Å². The molecular formula is C48H34N2. The minimum Gasteiger partial charge on any atom is -0.310 e. The summed E-state index contributed by atoms with van der Waals surface area (Å²) in [6, 6.07) is 60.3. The van der Waals surface area contributed by atoms with E-state index in [9.17, 15) is 5.48 Å². The molecule has 0 amide bonds. The number of benzene rings is 8. The Balaban J connectivity index is 1.22. The van der Waals surface area contributed by atoms with E-state index in [1.165, 1.54) is 0 Å². The molecule has 50 heavy (non-hydrogen) atoms. The Kier molecular flexibility index (Phi) is 6.48. The molecular weight excluding hydrogens is 605 g/mol. The van der Waals surface area contributed by atoms with Gasteiger partial charge in [0, 0.05) is 33.4 Å². The zero-order chi connectivity index (χ0) is 36.8. The molecule has 8 aromatic carbocycles. The summed E-state index contributed by atoms with van der Waals surface area (Å²) in [7, 11) is 0. The minimum absolute atomic E-state index is 0.0938. The zero-order valence-corrected chi connectivity index (χ0v) is 27.2. The SMILES string of the molecule is [2H]c1c([2H])c(N(c2ccccc2)c2cccc(-c3ccccc3)c2)c([2H])c([2H])c1-c1ccc2c(c1)c1ccccc1n2-c1ccccc1-c1ccccc1. The maximum absolute atomic E-state index is 9.45. The summed E-state index contributed by atoms with van der Waals surface area (Å²) in [5.74, 6) is 0. The van der Waals surface area contributed by atoms with Crippen LogP contribution in [-0.2, 0) is 0 Å². The number of nitrogens with zero attached hydrogens (tertiary/aromatic N) is 2. The average Bonchev–Trinajstić information content (AvgIpc) is 3.56. The van der Waals surface area contributed by atoms with Crippen molar-refractivity contribution in [1.29, 1.82) is 0 Å². The van der Waals surface area contributed by atoms with Gasteiger partial charge in [-0.05, 0) is 88.4 Å². The number of para-hydroxylation sites is 3. The molecule has 0 fully saturated rings. The molecule has 2 nitrogen and oxygen atoms in total. The Morgan fingerprint density at radius 1 is 0.360 bits per heavy atom. The highest BCUT2D eigenvalue weighted by Crippen LogP contribution is 2.40. The van der Waals surface area contributed by atoms with Gasteiger partial charge in [-0.2, -0.15) is 0 Å². The van der Waals surface area contributed by atoms with Crippen molar-refractivity contribution in [3.63, 3.8) is 0 Å². The highest BCUT2D eigenvalue weighted by atomic mass is 15.1. The number of fused-ring (bicyclic) bond motifs is 3. The van der Waals surface area contributed by atoms with Gasteiger partial charge in [-0.1, -0.05) is 146 Å². The first-order valence-electron chi connectivity index (χ1n) is 18.8. The number of hydrogen-bond donors (Lipinski definition) is 0. The fourth-order valence-electron chi connectivity index (χ4n) is 6.92. The zero-order valence-electron chi connectivity index (χ0n) is 31.2. The molecule has 0 saturated heterocycles. The van der Waals surface area contributed by atoms with E-state index < -0.39 is 0 Å². The molecule has 0 saturated carbocycles. The molecule has 0 radical (unpaired) electrons. The monoisotopic (exact) mass is 642 g/mol. The molecule has 9 rings (SSSR count). The lowest BCUT2D eigenvalue weighted by Gasteiger charge is -2.26. The Morgan fingerprint density at radius 3 is 1.72 bits per heavy atom. The van der Waals surface area contributed by atoms with Gasteiger partial charge in [0.05, 0.1) is 22.2 Å². The second kappa shape index (κ2) is 12.8. The van der Waals surface area contributed by atoms with Gasteiger partial charge < -0.3 is 9.47 Å². The summed E-state index contributed by atoms with van der Waals surface area (Å²) in [5, 5.41) is 2.01. The van der Waals surface area contributed by atoms with E-state index in [2.05, 4.69) is 65.2 Å². The second-order valence-corrected chi connectivity index (χ2v) is 12.3. The minimum atomic E-state index is -0.112. The molecule has 0 spiro atoms. The summed E-state index contributed by atoms with van der Waals surface area (Å²) in [6.07, 6.45) is 0. The predicted molar refractivity (Wildman–Crippen MR) is 212 cm³/mol. The van der Waals surface area contributed by atoms with Crippen molar-refractivity contribution in [2.75, 3.05) is 4.90 Å². The normalized spacial score (nSPS) is 12.3. The van der Waals surface area contributed by atoms with Crippen LogP contribution in [0.2, 0.25) is 0 Å². The lowest BCUT2D eigenvalue weighted by Crippen LogP contribution is -2.09. The van der Waals surface area contributed by atoms with Crippen molar-refractivity contribution < 1.29 is 5.48 Å². The van der Waals surface area contributed by atoms with Gasteiger partial charge in [-0.15, -0.1) is 0 Å². The van der Waals surface area contributed by atoms with Gasteiger partial charge in [0.25, 0.3) is 0 Å². The summed E-state index contributed by atoms with van der Waals surface area (Å²) in [5.41, 5.74) is 9.90. The van der Waals surface area contributed by atoms with Crippen LogP contribution >= 0.6 is 0 Å². The van der Waals surface area contributed by atoms with E-state index in [1.54, 1.807) is 0 Å². The maximum atomic E-state index is 9.45. The van der Waals surface area contributed by atoms with E-state index in [0.717, 1.165) is 61.1 Å². The number of anilines is 3. The highest BCUT2D eigenvalue weighted by molar-refractivity contribution is 6.11. The molecule has 236 valence electrons. The molecule has 0 unspecified atom stereocenters. The molecule has 0 atom stereocenters. The molecule has 0 aliphatic rings. The number of hydrogen-bond acceptors (Lipinski definition) is 1. The van der Waals surface area contributed by atoms with Crippen LogP contribution in [0, 0.1) is 0 Å². The fraction of sp³-hybridized carbons (Fsp3) is 0. The van der Waals surface area contributed by atoms with Crippen LogP contribution < -0.4 is 4.90 Å². The van der Waals surface area contributed by atoms with Gasteiger partial charge >= 0.3 is 0 Å². The smallest absolute Gasteiger partial charge is 0.0645 e. The first kappa shape index (κ1) is 25.4. The third-order valence-corrected chi connectivity index (χ3v) is 9.25. The molecule has 0 aliphatic carbocycles. The van der Waals surface area contributed by atoms with Gasteiger partial charge in [0.2, 0.25) is 0 Å². The number of aromatic nitrogens is 1. The van der Waals surface area contributed by atoms with Crippen LogP contribution in [0.25, 0.3) is 60.9 Å². The summed E-state index contributed by atoms with van der Waals surface area (Å²) < 4.78 is 40.0. The standard InChI is InChI=1S/C48H34N2/c1-4-15-35(16-5-1)38-19-14-22-42(33-38)49(40-20-8-3-9-21-40)41-30-27-36(28-31-41)39-29-32-48-45(34-39)44-24-11-13-26-47(44)50(48)46-25-12-10-23-43(46)37-17-6-2-7-18-37/h1-34H/i27D,28D,30D,31D. The third-order valence-electron chi connectivity index (χ3n) is 9.25. The first-order chi connectivity index (χ1) is 26.5. The van der Waals surface area contributed by atoms with Crippen molar-refractivity contribution >= 4 is 38.9 Å². The Bertz CT molecular complexity index is 2790. The lowest BCUT2D eigenvalue weighted by molar-refractivity contribution is 1.18. The van der Waals surface area contributed by atoms with Crippen LogP contribution in [0.5, 0.6) is 0 Å². The van der Waals surface area contributed by atoms with Crippen molar-refractivity contribution in [3.8, 4) is 39.1 Å². The van der Waals surface area contributed by atoms with Crippen LogP contribution in [0.15, 0.2) is 206 Å². The molecule has 2 heteroatoms. The van der Waals surface area contributed by atoms with Gasteiger partial charge in [-0.3, -0.25) is 0 Å². The lowest BCUT2D eigenvalue weighted by atomic mass is 10.0. The third kappa shape index (κ3) is 5.34. The molecule has 0 aliphatic heterocycles. The highest BCUT2D eigenvalue weighted by Gasteiger charge is 2.17. The van der Waals surface area contributed by atoms with E-state index in [0.29, 0.717) is 5.56 Å². The van der Waals surface area contributed by atoms with E-state index in [4.69, 9.17) is 0 Å². The predicted octanol–water partition coefficient (Wildman–Crippen LogP) is 13.3. The van der Waals surface area contributed by atoms with Crippen LogP contribution in [0.1, 0.15) is 5.48 Å². The molecule has 1 aromatic heterocycles. The van der Waals surface area contributed by atoms with Crippen LogP contribution in [0.3, 0.4) is 0 Å². The van der Waals surface area contributed by atoms with Gasteiger partial charge in [0.15, 0.2) is 0 Å². The van der Waals surface area contributed by atoms with Crippen LogP contribution in [-0.4, -0.2) is 4.57 Å². The largest absolute Gasteiger partial charge is 0.310 e. The Morgan fingerprint density at radius 2 is 0.940 bits per heavy atom. The van der Waals surface area contributed by atoms with Crippen molar-refractivity contribution in [1.82, 2.24) is 4.57 Å². The van der Waals surface area contributed by atoms with E-state index in [1.807, 2.05) is 126 Å². The van der Waals surface area contributed by atoms with Crippen molar-refractivity contribution in [3.05, 3.63) is 206 Å². The van der Waals surface area contributed by atoms with E-state index >= 15 is 0 Å². The van der Waals surface area contributed by atoms with Crippen molar-refractivity contribution in [2.24, 2.45) is 0 Å². The van der Waals surface area contributed by atoms with Gasteiger partial charge in [0.1, 0.15) is 0 Å². The summed E-state index contributed by atoms with van der Waals surface area (Å²) >= 11 is 0.